The van der Waals surface area contributed by atoms with Gasteiger partial charge in [-0.15, -0.1) is 0 Å². The minimum atomic E-state index is -0.0143. The van der Waals surface area contributed by atoms with Gasteiger partial charge in [0.1, 0.15) is 0 Å². The monoisotopic (exact) mass is 485 g/mol. The number of amides is 1. The number of nitrogens with zero attached hydrogens (tertiary/aromatic N) is 4. The molecule has 2 unspecified atom stereocenters. The zero-order chi connectivity index (χ0) is 23.9. The fourth-order valence-electron chi connectivity index (χ4n) is 5.48. The number of benzene rings is 2. The van der Waals surface area contributed by atoms with Crippen LogP contribution in [0.4, 0.5) is 5.13 Å². The zero-order valence-corrected chi connectivity index (χ0v) is 21.1. The number of rotatable bonds is 4. The minimum Gasteiger partial charge on any atom is -0.349 e. The lowest BCUT2D eigenvalue weighted by Gasteiger charge is -2.33. The lowest BCUT2D eigenvalue weighted by atomic mass is 9.87. The highest BCUT2D eigenvalue weighted by molar-refractivity contribution is 7.22. The molecule has 2 aromatic carbocycles. The van der Waals surface area contributed by atoms with Crippen molar-refractivity contribution in [2.24, 2.45) is 5.92 Å². The van der Waals surface area contributed by atoms with Gasteiger partial charge in [0.25, 0.3) is 0 Å². The van der Waals surface area contributed by atoms with Gasteiger partial charge in [-0.25, -0.2) is 4.68 Å². The molecule has 0 spiro atoms. The Morgan fingerprint density at radius 1 is 1.06 bits per heavy atom. The summed E-state index contributed by atoms with van der Waals surface area (Å²) in [5.74, 6) is 0.166. The summed E-state index contributed by atoms with van der Waals surface area (Å²) in [6, 6.07) is 17.1. The molecule has 0 bridgehead atoms. The molecule has 180 valence electrons. The summed E-state index contributed by atoms with van der Waals surface area (Å²) < 4.78 is 3.06. The molecule has 6 nitrogen and oxygen atoms in total. The molecule has 2 aliphatic rings. The maximum Gasteiger partial charge on any atom is 0.225 e. The molecule has 1 fully saturated rings. The van der Waals surface area contributed by atoms with Crippen molar-refractivity contribution >= 4 is 32.7 Å². The van der Waals surface area contributed by atoms with E-state index in [1.165, 1.54) is 16.7 Å². The van der Waals surface area contributed by atoms with Crippen LogP contribution in [0.2, 0.25) is 0 Å². The first kappa shape index (κ1) is 22.3. The summed E-state index contributed by atoms with van der Waals surface area (Å²) in [5, 5.41) is 9.12. The summed E-state index contributed by atoms with van der Waals surface area (Å²) in [6.07, 6.45) is 5.18. The van der Waals surface area contributed by atoms with E-state index in [9.17, 15) is 4.79 Å². The van der Waals surface area contributed by atoms with E-state index < -0.39 is 0 Å². The van der Waals surface area contributed by atoms with E-state index in [2.05, 4.69) is 65.7 Å². The van der Waals surface area contributed by atoms with Gasteiger partial charge in [-0.3, -0.25) is 4.79 Å². The van der Waals surface area contributed by atoms with Crippen LogP contribution in [-0.4, -0.2) is 33.8 Å². The van der Waals surface area contributed by atoms with Crippen molar-refractivity contribution in [2.75, 3.05) is 18.0 Å². The van der Waals surface area contributed by atoms with Crippen LogP contribution >= 0.6 is 11.3 Å². The number of hydrogen-bond acceptors (Lipinski definition) is 5. The molecule has 6 rings (SSSR count). The molecule has 2 atom stereocenters. The number of nitrogens with one attached hydrogen (secondary N) is 1. The summed E-state index contributed by atoms with van der Waals surface area (Å²) >= 11 is 1.69. The predicted molar refractivity (Wildman–Crippen MR) is 141 cm³/mol. The van der Waals surface area contributed by atoms with Crippen molar-refractivity contribution in [1.29, 1.82) is 0 Å². The van der Waals surface area contributed by atoms with Crippen LogP contribution in [0.25, 0.3) is 16.0 Å². The number of carbonyl (C=O) groups is 1. The van der Waals surface area contributed by atoms with Crippen LogP contribution in [0.1, 0.15) is 54.1 Å². The largest absolute Gasteiger partial charge is 0.349 e. The van der Waals surface area contributed by atoms with E-state index in [1.54, 1.807) is 11.3 Å². The number of anilines is 1. The molecule has 3 heterocycles. The van der Waals surface area contributed by atoms with Crippen molar-refractivity contribution in [3.63, 3.8) is 0 Å². The lowest BCUT2D eigenvalue weighted by molar-refractivity contribution is -0.126. The SMILES string of the molecule is Cc1ccc(-n2nc(C)c3sc(N4CCCC(C(=O)NC5CCCc6ccccc65)C4)nc32)cc1. The van der Waals surface area contributed by atoms with Gasteiger partial charge in [-0.1, -0.05) is 53.3 Å². The highest BCUT2D eigenvalue weighted by Crippen LogP contribution is 2.35. The van der Waals surface area contributed by atoms with Gasteiger partial charge in [0, 0.05) is 13.1 Å². The third-order valence-electron chi connectivity index (χ3n) is 7.40. The smallest absolute Gasteiger partial charge is 0.225 e. The van der Waals surface area contributed by atoms with E-state index in [-0.39, 0.29) is 17.9 Å². The third-order valence-corrected chi connectivity index (χ3v) is 8.62. The maximum atomic E-state index is 13.3. The molecule has 7 heteroatoms. The molecule has 1 amide bonds. The topological polar surface area (TPSA) is 63.1 Å². The first-order valence-corrected chi connectivity index (χ1v) is 13.4. The number of thiazole rings is 1. The quantitative estimate of drug-likeness (QED) is 0.414. The normalized spacial score (nSPS) is 20.1. The number of aryl methyl sites for hydroxylation is 3. The molecule has 2 aromatic heterocycles. The zero-order valence-electron chi connectivity index (χ0n) is 20.3. The molecule has 1 N–H and O–H groups in total. The van der Waals surface area contributed by atoms with Gasteiger partial charge >= 0.3 is 0 Å². The fourth-order valence-corrected chi connectivity index (χ4v) is 6.50. The van der Waals surface area contributed by atoms with E-state index in [0.717, 1.165) is 65.5 Å². The molecular weight excluding hydrogens is 454 g/mol. The summed E-state index contributed by atoms with van der Waals surface area (Å²) in [4.78, 5) is 20.6. The molecule has 1 aliphatic heterocycles. The second-order valence-corrected chi connectivity index (χ2v) is 10.9. The average molecular weight is 486 g/mol. The summed E-state index contributed by atoms with van der Waals surface area (Å²) in [6.45, 7) is 5.78. The Labute approximate surface area is 210 Å². The Morgan fingerprint density at radius 3 is 2.74 bits per heavy atom. The van der Waals surface area contributed by atoms with Gasteiger partial charge in [0.2, 0.25) is 5.91 Å². The van der Waals surface area contributed by atoms with Crippen LogP contribution < -0.4 is 10.2 Å². The van der Waals surface area contributed by atoms with Gasteiger partial charge in [-0.2, -0.15) is 10.1 Å². The molecule has 4 aromatic rings. The molecule has 1 aliphatic carbocycles. The van der Waals surface area contributed by atoms with Gasteiger partial charge in [0.05, 0.1) is 28.0 Å². The van der Waals surface area contributed by atoms with Crippen molar-refractivity contribution in [3.05, 3.63) is 70.9 Å². The third kappa shape index (κ3) is 4.22. The number of fused-ring (bicyclic) bond motifs is 2. The summed E-state index contributed by atoms with van der Waals surface area (Å²) in [7, 11) is 0. The van der Waals surface area contributed by atoms with E-state index in [1.807, 2.05) is 11.6 Å². The van der Waals surface area contributed by atoms with Crippen molar-refractivity contribution in [3.8, 4) is 5.69 Å². The minimum absolute atomic E-state index is 0.0143. The van der Waals surface area contributed by atoms with Crippen LogP contribution in [0, 0.1) is 19.8 Å². The Bertz CT molecular complexity index is 1370. The van der Waals surface area contributed by atoms with Gasteiger partial charge < -0.3 is 10.2 Å². The van der Waals surface area contributed by atoms with Crippen molar-refractivity contribution in [2.45, 2.75) is 52.0 Å². The Kier molecular flexibility index (Phi) is 5.80. The maximum absolute atomic E-state index is 13.3. The Balaban J connectivity index is 1.21. The van der Waals surface area contributed by atoms with E-state index >= 15 is 0 Å². The average Bonchev–Trinajstić information content (AvgIpc) is 3.45. The molecule has 0 radical (unpaired) electrons. The van der Waals surface area contributed by atoms with Crippen LogP contribution in [-0.2, 0) is 11.2 Å². The van der Waals surface area contributed by atoms with Gasteiger partial charge in [-0.05, 0) is 69.2 Å². The molecule has 0 saturated carbocycles. The highest BCUT2D eigenvalue weighted by atomic mass is 32.1. The van der Waals surface area contributed by atoms with Crippen LogP contribution in [0.15, 0.2) is 48.5 Å². The molecule has 1 saturated heterocycles. The number of aromatic nitrogens is 3. The standard InChI is InChI=1S/C28H31N5OS/c1-18-12-14-22(15-13-18)33-26-25(19(2)31-33)35-28(30-26)32-16-6-9-21(17-32)27(34)29-24-11-5-8-20-7-3-4-10-23(20)24/h3-4,7,10,12-15,21,24H,5-6,8-9,11,16-17H2,1-2H3,(H,29,34). The molecule has 35 heavy (non-hydrogen) atoms. The number of piperidine rings is 1. The second kappa shape index (κ2) is 9.11. The van der Waals surface area contributed by atoms with Crippen molar-refractivity contribution < 1.29 is 4.79 Å². The van der Waals surface area contributed by atoms with Crippen LogP contribution in [0.3, 0.4) is 0 Å². The highest BCUT2D eigenvalue weighted by Gasteiger charge is 2.30. The van der Waals surface area contributed by atoms with Gasteiger partial charge in [0.15, 0.2) is 10.8 Å². The molecular formula is C28H31N5OS. The first-order valence-electron chi connectivity index (χ1n) is 12.6. The Hall–Kier alpha value is -3.19. The predicted octanol–water partition coefficient (Wildman–Crippen LogP) is 5.51. The Morgan fingerprint density at radius 2 is 1.89 bits per heavy atom. The lowest BCUT2D eigenvalue weighted by Crippen LogP contribution is -2.44. The second-order valence-electron chi connectivity index (χ2n) is 9.92. The van der Waals surface area contributed by atoms with E-state index in [4.69, 9.17) is 10.1 Å². The summed E-state index contributed by atoms with van der Waals surface area (Å²) in [5.41, 5.74) is 6.81. The first-order chi connectivity index (χ1) is 17.1. The number of hydrogen-bond donors (Lipinski definition) is 1. The van der Waals surface area contributed by atoms with Crippen molar-refractivity contribution in [1.82, 2.24) is 20.1 Å². The van der Waals surface area contributed by atoms with Crippen LogP contribution in [0.5, 0.6) is 0 Å². The fraction of sp³-hybridized carbons (Fsp3) is 0.393. The number of carbonyl (C=O) groups excluding carboxylic acids is 1. The van der Waals surface area contributed by atoms with E-state index in [0.29, 0.717) is 6.54 Å².